The largest absolute Gasteiger partial charge is 3.00 e. The smallest absolute Gasteiger partial charge is 0.432 e. The van der Waals surface area contributed by atoms with Gasteiger partial charge in [-0.3, -0.25) is 5.10 Å². The maximum Gasteiger partial charge on any atom is 3.00 e. The fraction of sp³-hybridized carbons (Fsp3) is 0. The van der Waals surface area contributed by atoms with Crippen molar-refractivity contribution in [3.05, 3.63) is 12.7 Å². The molecule has 6 heavy (non-hydrogen) atoms. The molecule has 0 aliphatic rings. The summed E-state index contributed by atoms with van der Waals surface area (Å²) in [6.45, 7) is 0. The third-order valence-electron chi connectivity index (χ3n) is 0.303. The van der Waals surface area contributed by atoms with E-state index in [9.17, 15) is 0 Å². The van der Waals surface area contributed by atoms with E-state index in [1.807, 2.05) is 0 Å². The summed E-state index contributed by atoms with van der Waals surface area (Å²) in [5.74, 6) is 0. The molecule has 0 spiro atoms. The molecule has 4 heteroatoms. The molecule has 1 aromatic heterocycles. The molecule has 0 saturated carbocycles. The van der Waals surface area contributed by atoms with Crippen LogP contribution in [0.4, 0.5) is 0 Å². The Morgan fingerprint density at radius 2 is 2.33 bits per heavy atom. The number of hydrogen-bond donors (Lipinski definition) is 0. The molecular weight excluding hydrogens is 155 g/mol. The summed E-state index contributed by atoms with van der Waals surface area (Å²) < 4.78 is 0. The first-order valence-electron chi connectivity index (χ1n) is 1.23. The molecule has 0 atom stereocenters. The molecule has 0 N–H and O–H groups in total. The van der Waals surface area contributed by atoms with Gasteiger partial charge in [-0.15, -0.1) is 0 Å². The molecule has 1 heterocycles. The summed E-state index contributed by atoms with van der Waals surface area (Å²) in [5, 5.41) is 6.72. The van der Waals surface area contributed by atoms with Gasteiger partial charge in [-0.2, -0.15) is 0 Å². The van der Waals surface area contributed by atoms with Crippen LogP contribution in [0.25, 0.3) is 0 Å². The molecule has 0 amide bonds. The van der Waals surface area contributed by atoms with Crippen LogP contribution in [0.1, 0.15) is 0 Å². The van der Waals surface area contributed by atoms with Crippen LogP contribution in [0, 0.1) is 0 Å². The zero-order valence-electron chi connectivity index (χ0n) is 3.07. The van der Waals surface area contributed by atoms with Gasteiger partial charge in [0.05, 0.1) is 0 Å². The predicted molar refractivity (Wildman–Crippen MR) is 15.4 cm³/mol. The van der Waals surface area contributed by atoms with Crippen molar-refractivity contribution in [1.82, 2.24) is 15.2 Å². The SMILES string of the molecule is [Y+3].c1nc[n-]n1. The third kappa shape index (κ3) is 1.62. The second-order valence-electron chi connectivity index (χ2n) is 0.611. The fourth-order valence-electron chi connectivity index (χ4n) is 0.149. The molecular formula is C2H2N3Y+2. The van der Waals surface area contributed by atoms with Crippen molar-refractivity contribution in [2.45, 2.75) is 0 Å². The quantitative estimate of drug-likeness (QED) is 0.506. The summed E-state index contributed by atoms with van der Waals surface area (Å²) in [7, 11) is 0. The normalized spacial score (nSPS) is 6.67. The van der Waals surface area contributed by atoms with Gasteiger partial charge in [0.2, 0.25) is 0 Å². The molecule has 3 nitrogen and oxygen atoms in total. The van der Waals surface area contributed by atoms with Crippen molar-refractivity contribution < 1.29 is 32.7 Å². The van der Waals surface area contributed by atoms with E-state index >= 15 is 0 Å². The van der Waals surface area contributed by atoms with E-state index in [4.69, 9.17) is 0 Å². The standard InChI is InChI=1S/C2H2N3.Y/c1-3-2-5-4-1;/h1-2H;/q-1;+3. The number of hydrogen-bond acceptors (Lipinski definition) is 2. The number of aromatic nitrogens is 3. The van der Waals surface area contributed by atoms with Gasteiger partial charge in [0, 0.05) is 6.33 Å². The zero-order valence-corrected chi connectivity index (χ0v) is 5.91. The molecule has 26 valence electrons. The molecule has 0 aromatic carbocycles. The van der Waals surface area contributed by atoms with Crippen molar-refractivity contribution >= 4 is 0 Å². The van der Waals surface area contributed by atoms with Crippen LogP contribution in [0.15, 0.2) is 12.7 Å². The second kappa shape index (κ2) is 3.43. The van der Waals surface area contributed by atoms with Gasteiger partial charge in [0.25, 0.3) is 0 Å². The summed E-state index contributed by atoms with van der Waals surface area (Å²) in [5.41, 5.74) is 0. The van der Waals surface area contributed by atoms with E-state index in [0.29, 0.717) is 0 Å². The van der Waals surface area contributed by atoms with E-state index in [-0.39, 0.29) is 32.7 Å². The van der Waals surface area contributed by atoms with Gasteiger partial charge in [0.1, 0.15) is 0 Å². The summed E-state index contributed by atoms with van der Waals surface area (Å²) in [4.78, 5) is 3.50. The van der Waals surface area contributed by atoms with Gasteiger partial charge in [-0.1, -0.05) is 6.33 Å². The van der Waals surface area contributed by atoms with Crippen LogP contribution in [-0.2, 0) is 32.7 Å². The van der Waals surface area contributed by atoms with Crippen LogP contribution >= 0.6 is 0 Å². The Hall–Kier alpha value is 0.244. The first-order chi connectivity index (χ1) is 2.50. The van der Waals surface area contributed by atoms with Crippen LogP contribution in [0.5, 0.6) is 0 Å². The molecule has 0 radical (unpaired) electrons. The van der Waals surface area contributed by atoms with Gasteiger partial charge < -0.3 is 10.1 Å². The number of rotatable bonds is 0. The summed E-state index contributed by atoms with van der Waals surface area (Å²) in [6.07, 6.45) is 2.78. The molecule has 0 fully saturated rings. The first-order valence-corrected chi connectivity index (χ1v) is 1.23. The van der Waals surface area contributed by atoms with Crippen LogP contribution in [-0.4, -0.2) is 10.1 Å². The fourth-order valence-corrected chi connectivity index (χ4v) is 0.149. The zero-order chi connectivity index (χ0) is 3.54. The Labute approximate surface area is 60.4 Å². The summed E-state index contributed by atoms with van der Waals surface area (Å²) >= 11 is 0. The minimum absolute atomic E-state index is 0. The van der Waals surface area contributed by atoms with Gasteiger partial charge in [-0.25, -0.2) is 0 Å². The molecule has 1 aromatic rings. The van der Waals surface area contributed by atoms with Gasteiger partial charge >= 0.3 is 32.7 Å². The minimum Gasteiger partial charge on any atom is -0.432 e. The topological polar surface area (TPSA) is 39.9 Å². The molecule has 0 bridgehead atoms. The van der Waals surface area contributed by atoms with Crippen molar-refractivity contribution in [2.24, 2.45) is 0 Å². The van der Waals surface area contributed by atoms with Crippen LogP contribution in [0.2, 0.25) is 0 Å². The maximum absolute atomic E-state index is 3.50. The number of nitrogens with zero attached hydrogens (tertiary/aromatic N) is 3. The van der Waals surface area contributed by atoms with E-state index in [1.165, 1.54) is 12.7 Å². The van der Waals surface area contributed by atoms with Crippen molar-refractivity contribution in [3.8, 4) is 0 Å². The Morgan fingerprint density at radius 3 is 2.50 bits per heavy atom. The van der Waals surface area contributed by atoms with E-state index in [0.717, 1.165) is 0 Å². The van der Waals surface area contributed by atoms with E-state index < -0.39 is 0 Å². The summed E-state index contributed by atoms with van der Waals surface area (Å²) in [6, 6.07) is 0. The molecule has 1 rings (SSSR count). The van der Waals surface area contributed by atoms with E-state index in [2.05, 4.69) is 15.2 Å². The molecule has 0 saturated heterocycles. The monoisotopic (exact) mass is 157 g/mol. The molecule has 0 unspecified atom stereocenters. The Balaban J connectivity index is 0.000000250. The van der Waals surface area contributed by atoms with Crippen molar-refractivity contribution in [3.63, 3.8) is 0 Å². The second-order valence-corrected chi connectivity index (χ2v) is 0.611. The predicted octanol–water partition coefficient (Wildman–Crippen LogP) is -0.569. The third-order valence-corrected chi connectivity index (χ3v) is 0.303. The Bertz CT molecular complexity index is 65.3. The molecule has 0 aliphatic carbocycles. The average molecular weight is 157 g/mol. The van der Waals surface area contributed by atoms with Gasteiger partial charge in [0.15, 0.2) is 0 Å². The Morgan fingerprint density at radius 1 is 1.50 bits per heavy atom. The minimum atomic E-state index is 0. The molecule has 0 aliphatic heterocycles. The average Bonchev–Trinajstić information content (AvgIpc) is 1.76. The van der Waals surface area contributed by atoms with Gasteiger partial charge in [-0.05, 0) is 0 Å². The van der Waals surface area contributed by atoms with Crippen molar-refractivity contribution in [2.75, 3.05) is 0 Å². The Kier molecular flexibility index (Phi) is 3.57. The maximum atomic E-state index is 3.50. The van der Waals surface area contributed by atoms with Crippen LogP contribution in [0.3, 0.4) is 0 Å². The first kappa shape index (κ1) is 6.24. The van der Waals surface area contributed by atoms with E-state index in [1.54, 1.807) is 0 Å². The van der Waals surface area contributed by atoms with Crippen molar-refractivity contribution in [1.29, 1.82) is 0 Å². The van der Waals surface area contributed by atoms with Crippen LogP contribution < -0.4 is 5.10 Å².